The van der Waals surface area contributed by atoms with E-state index in [1.54, 1.807) is 13.0 Å². The minimum absolute atomic E-state index is 0.0796. The molecular weight excluding hydrogens is 821 g/mol. The molecule has 1 aliphatic rings. The van der Waals surface area contributed by atoms with Gasteiger partial charge in [-0.1, -0.05) is 89.3 Å². The van der Waals surface area contributed by atoms with Crippen LogP contribution in [0.4, 0.5) is 0 Å². The van der Waals surface area contributed by atoms with Crippen molar-refractivity contribution >= 4 is 35.8 Å². The number of hydrogen-bond donors (Lipinski definition) is 0. The summed E-state index contributed by atoms with van der Waals surface area (Å²) in [4.78, 5) is 74.8. The van der Waals surface area contributed by atoms with Gasteiger partial charge >= 0.3 is 35.8 Å². The maximum Gasteiger partial charge on any atom is 0.333 e. The van der Waals surface area contributed by atoms with E-state index in [1.807, 2.05) is 12.1 Å². The van der Waals surface area contributed by atoms with E-state index in [0.29, 0.717) is 24.5 Å². The predicted octanol–water partition coefficient (Wildman–Crippen LogP) is 9.07. The number of aryl methyl sites for hydroxylation is 1. The van der Waals surface area contributed by atoms with Crippen LogP contribution in [0.1, 0.15) is 108 Å². The zero-order valence-electron chi connectivity index (χ0n) is 38.4. The highest BCUT2D eigenvalue weighted by atomic mass is 16.6. The number of hydrogen-bond acceptors (Lipinski definition) is 13. The summed E-state index contributed by atoms with van der Waals surface area (Å²) in [6.45, 7) is 18.0. The molecule has 0 spiro atoms. The third-order valence-electron chi connectivity index (χ3n) is 11.1. The van der Waals surface area contributed by atoms with E-state index in [4.69, 9.17) is 23.7 Å². The maximum atomic E-state index is 13.0. The molecule has 64 heavy (non-hydrogen) atoms. The first-order valence-electron chi connectivity index (χ1n) is 21.9. The lowest BCUT2D eigenvalue weighted by Gasteiger charge is -2.32. The van der Waals surface area contributed by atoms with Gasteiger partial charge in [0.25, 0.3) is 0 Å². The molecule has 13 heteroatoms. The Hall–Kier alpha value is -5.98. The minimum atomic E-state index is -1.55. The number of carbonyl (C=O) groups is 6. The molecule has 2 aromatic rings. The van der Waals surface area contributed by atoms with Crippen LogP contribution >= 0.6 is 0 Å². The first-order chi connectivity index (χ1) is 30.5. The van der Waals surface area contributed by atoms with E-state index < -0.39 is 73.9 Å². The van der Waals surface area contributed by atoms with E-state index >= 15 is 0 Å². The molecule has 0 N–H and O–H groups in total. The second-order valence-corrected chi connectivity index (χ2v) is 16.7. The van der Waals surface area contributed by atoms with Gasteiger partial charge in [0.05, 0.1) is 33.7 Å². The Kier molecular flexibility index (Phi) is 21.8. The lowest BCUT2D eigenvalue weighted by molar-refractivity contribution is -0.163. The lowest BCUT2D eigenvalue weighted by atomic mass is 9.77. The summed E-state index contributed by atoms with van der Waals surface area (Å²) in [5.74, 6) is -2.85. The van der Waals surface area contributed by atoms with Crippen molar-refractivity contribution in [3.63, 3.8) is 0 Å². The molecule has 0 atom stereocenters. The van der Waals surface area contributed by atoms with Crippen LogP contribution in [0.3, 0.4) is 0 Å². The van der Waals surface area contributed by atoms with Crippen LogP contribution in [0.15, 0.2) is 91.1 Å². The summed E-state index contributed by atoms with van der Waals surface area (Å²) in [5.41, 5.74) is 2.50. The van der Waals surface area contributed by atoms with Crippen molar-refractivity contribution in [3.8, 4) is 16.9 Å². The molecule has 1 fully saturated rings. The molecule has 0 aliphatic heterocycles. The summed E-state index contributed by atoms with van der Waals surface area (Å²) >= 11 is 0. The van der Waals surface area contributed by atoms with Gasteiger partial charge < -0.3 is 33.2 Å². The maximum absolute atomic E-state index is 13.0. The molecule has 0 amide bonds. The SMILES string of the molecule is C=C(C)C(=O)OCCCc1cc(-c2ccc(C3CCC(CCCCC)CC3)cc2)ccc1OCC(COC(=O)CC(=C)C(=O)OC)(COC(=O)CC(=C)C(=O)OC)COC(=O)C(=C)C. The molecule has 0 radical (unpaired) electrons. The Balaban J connectivity index is 1.96. The Morgan fingerprint density at radius 1 is 0.625 bits per heavy atom. The Morgan fingerprint density at radius 2 is 1.16 bits per heavy atom. The molecule has 1 saturated carbocycles. The summed E-state index contributed by atoms with van der Waals surface area (Å²) in [5, 5.41) is 0. The highest BCUT2D eigenvalue weighted by molar-refractivity contribution is 5.94. The summed E-state index contributed by atoms with van der Waals surface area (Å²) in [6.07, 6.45) is 9.92. The van der Waals surface area contributed by atoms with Gasteiger partial charge in [-0.05, 0) is 98.6 Å². The summed E-state index contributed by atoms with van der Waals surface area (Å²) < 4.78 is 37.9. The van der Waals surface area contributed by atoms with E-state index in [-0.39, 0.29) is 35.5 Å². The van der Waals surface area contributed by atoms with Gasteiger partial charge in [0.2, 0.25) is 0 Å². The van der Waals surface area contributed by atoms with Gasteiger partial charge in [0, 0.05) is 22.3 Å². The second kappa shape index (κ2) is 26.6. The van der Waals surface area contributed by atoms with Crippen molar-refractivity contribution in [3.05, 3.63) is 102 Å². The molecule has 1 aliphatic carbocycles. The summed E-state index contributed by atoms with van der Waals surface area (Å²) in [7, 11) is 2.29. The van der Waals surface area contributed by atoms with Gasteiger partial charge in [0.1, 0.15) is 37.6 Å². The first-order valence-corrected chi connectivity index (χ1v) is 21.9. The van der Waals surface area contributed by atoms with Crippen LogP contribution in [0, 0.1) is 11.3 Å². The van der Waals surface area contributed by atoms with E-state index in [1.165, 1.54) is 63.9 Å². The fourth-order valence-electron chi connectivity index (χ4n) is 7.23. The predicted molar refractivity (Wildman–Crippen MR) is 242 cm³/mol. The molecule has 2 aromatic carbocycles. The second-order valence-electron chi connectivity index (χ2n) is 16.7. The van der Waals surface area contributed by atoms with Gasteiger partial charge in [-0.3, -0.25) is 9.59 Å². The molecule has 3 rings (SSSR count). The van der Waals surface area contributed by atoms with Gasteiger partial charge in [-0.15, -0.1) is 0 Å². The fourth-order valence-corrected chi connectivity index (χ4v) is 7.23. The molecule has 0 unspecified atom stereocenters. The molecule has 0 heterocycles. The number of esters is 6. The first kappa shape index (κ1) is 52.4. The molecule has 0 bridgehead atoms. The number of rotatable bonds is 27. The third kappa shape index (κ3) is 17.3. The standard InChI is InChI=1S/C51H66O13/c1-10-11-12-14-38-16-18-39(19-17-38)40-20-22-41(23-21-40)42-24-25-44(43(29-42)15-13-26-60-47(54)34(2)3)61-30-51(33-64-48(55)35(4)5,31-62-45(52)27-36(6)49(56)58-8)32-63-46(53)28-37(7)50(57)59-9/h20-25,29,38-39H,2,4,6-7,10-19,26-28,30-33H2,1,3,5,8-9H3. The minimum Gasteiger partial charge on any atom is -0.492 e. The van der Waals surface area contributed by atoms with Crippen LogP contribution in [-0.2, 0) is 63.6 Å². The number of benzene rings is 2. The zero-order chi connectivity index (χ0) is 47.2. The van der Waals surface area contributed by atoms with Crippen LogP contribution in [-0.4, -0.2) is 83.1 Å². The number of carbonyl (C=O) groups excluding carboxylic acids is 6. The van der Waals surface area contributed by atoms with Crippen molar-refractivity contribution in [1.29, 1.82) is 0 Å². The van der Waals surface area contributed by atoms with Crippen LogP contribution in [0.25, 0.3) is 11.1 Å². The molecule has 0 saturated heterocycles. The van der Waals surface area contributed by atoms with E-state index in [0.717, 1.165) is 36.8 Å². The monoisotopic (exact) mass is 886 g/mol. The lowest BCUT2D eigenvalue weighted by Crippen LogP contribution is -2.44. The Bertz CT molecular complexity index is 1940. The molecule has 0 aromatic heterocycles. The third-order valence-corrected chi connectivity index (χ3v) is 11.1. The van der Waals surface area contributed by atoms with Gasteiger partial charge in [-0.25, -0.2) is 19.2 Å². The highest BCUT2D eigenvalue weighted by Gasteiger charge is 2.38. The van der Waals surface area contributed by atoms with Gasteiger partial charge in [-0.2, -0.15) is 0 Å². The molecule has 13 nitrogen and oxygen atoms in total. The number of unbranched alkanes of at least 4 members (excludes halogenated alkanes) is 2. The summed E-state index contributed by atoms with van der Waals surface area (Å²) in [6, 6.07) is 14.4. The van der Waals surface area contributed by atoms with Crippen LogP contribution in [0.5, 0.6) is 5.75 Å². The van der Waals surface area contributed by atoms with Crippen LogP contribution in [0.2, 0.25) is 0 Å². The van der Waals surface area contributed by atoms with Crippen molar-refractivity contribution in [2.24, 2.45) is 11.3 Å². The topological polar surface area (TPSA) is 167 Å². The zero-order valence-corrected chi connectivity index (χ0v) is 38.4. The smallest absolute Gasteiger partial charge is 0.333 e. The van der Waals surface area contributed by atoms with Crippen LogP contribution < -0.4 is 4.74 Å². The Morgan fingerprint density at radius 3 is 1.69 bits per heavy atom. The van der Waals surface area contributed by atoms with E-state index in [2.05, 4.69) is 67.0 Å². The van der Waals surface area contributed by atoms with Crippen molar-refractivity contribution in [2.45, 2.75) is 104 Å². The molecular formula is C51H66O13. The largest absolute Gasteiger partial charge is 0.492 e. The quantitative estimate of drug-likeness (QED) is 0.0361. The Labute approximate surface area is 378 Å². The van der Waals surface area contributed by atoms with E-state index in [9.17, 15) is 28.8 Å². The van der Waals surface area contributed by atoms with Crippen molar-refractivity contribution in [2.75, 3.05) is 47.3 Å². The average Bonchev–Trinajstić information content (AvgIpc) is 3.29. The van der Waals surface area contributed by atoms with Crippen molar-refractivity contribution < 1.29 is 61.9 Å². The van der Waals surface area contributed by atoms with Gasteiger partial charge in [0.15, 0.2) is 0 Å². The highest BCUT2D eigenvalue weighted by Crippen LogP contribution is 2.39. The average molecular weight is 887 g/mol. The number of methoxy groups -OCH3 is 2. The number of ether oxygens (including phenoxy) is 7. The fraction of sp³-hybridized carbons (Fsp3) is 0.490. The molecule has 348 valence electrons. The van der Waals surface area contributed by atoms with Crippen molar-refractivity contribution in [1.82, 2.24) is 0 Å². The normalized spacial score (nSPS) is 14.6.